The first-order chi connectivity index (χ1) is 9.24. The van der Waals surface area contributed by atoms with Crippen LogP contribution in [0.25, 0.3) is 10.8 Å². The monoisotopic (exact) mass is 259 g/mol. The molecule has 0 saturated carbocycles. The summed E-state index contributed by atoms with van der Waals surface area (Å²) in [7, 11) is 1.68. The molecule has 0 amide bonds. The van der Waals surface area contributed by atoms with Crippen LogP contribution in [0, 0.1) is 0 Å². The molecule has 0 saturated heterocycles. The first-order valence-electron chi connectivity index (χ1n) is 6.66. The topological polar surface area (TPSA) is 41.5 Å². The number of aliphatic hydroxyl groups excluding tert-OH is 1. The molecule has 102 valence electrons. The van der Waals surface area contributed by atoms with E-state index in [0.717, 1.165) is 18.7 Å². The van der Waals surface area contributed by atoms with E-state index in [-0.39, 0.29) is 12.6 Å². The van der Waals surface area contributed by atoms with Crippen LogP contribution in [0.4, 0.5) is 0 Å². The molecule has 2 rings (SSSR count). The van der Waals surface area contributed by atoms with E-state index in [4.69, 9.17) is 9.84 Å². The molecule has 2 N–H and O–H groups in total. The lowest BCUT2D eigenvalue weighted by molar-refractivity contribution is 0.284. The second kappa shape index (κ2) is 6.55. The summed E-state index contributed by atoms with van der Waals surface area (Å²) in [5.74, 6) is 0.884. The Morgan fingerprint density at radius 1 is 1.16 bits per heavy atom. The molecular formula is C16H21NO2. The normalized spacial score (nSPS) is 12.6. The first-order valence-corrected chi connectivity index (χ1v) is 6.66. The van der Waals surface area contributed by atoms with Gasteiger partial charge in [0.25, 0.3) is 0 Å². The van der Waals surface area contributed by atoms with Crippen LogP contribution in [-0.2, 0) is 0 Å². The highest BCUT2D eigenvalue weighted by Crippen LogP contribution is 2.24. The van der Waals surface area contributed by atoms with Gasteiger partial charge in [0.2, 0.25) is 0 Å². The molecule has 1 unspecified atom stereocenters. The number of fused-ring (bicyclic) bond motifs is 1. The average molecular weight is 259 g/mol. The number of nitrogens with one attached hydrogen (secondary N) is 1. The maximum atomic E-state index is 8.79. The smallest absolute Gasteiger partial charge is 0.119 e. The van der Waals surface area contributed by atoms with Crippen molar-refractivity contribution in [1.82, 2.24) is 5.32 Å². The molecule has 0 aliphatic heterocycles. The minimum Gasteiger partial charge on any atom is -0.497 e. The van der Waals surface area contributed by atoms with Crippen LogP contribution in [0.5, 0.6) is 5.75 Å². The van der Waals surface area contributed by atoms with Gasteiger partial charge < -0.3 is 15.2 Å². The largest absolute Gasteiger partial charge is 0.497 e. The molecule has 0 aliphatic carbocycles. The SMILES string of the molecule is COc1ccc2cc(C(C)NCCCO)ccc2c1. The van der Waals surface area contributed by atoms with Crippen LogP contribution >= 0.6 is 0 Å². The Balaban J connectivity index is 2.16. The van der Waals surface area contributed by atoms with Crippen molar-refractivity contribution < 1.29 is 9.84 Å². The second-order valence-electron chi connectivity index (χ2n) is 4.73. The Bertz CT molecular complexity index is 539. The molecule has 2 aromatic carbocycles. The minimum atomic E-state index is 0.233. The van der Waals surface area contributed by atoms with Crippen molar-refractivity contribution in [2.45, 2.75) is 19.4 Å². The summed E-state index contributed by atoms with van der Waals surface area (Å²) in [6.45, 7) is 3.21. The third kappa shape index (κ3) is 3.46. The molecule has 2 aromatic rings. The summed E-state index contributed by atoms with van der Waals surface area (Å²) in [5.41, 5.74) is 1.26. The lowest BCUT2D eigenvalue weighted by Crippen LogP contribution is -2.20. The molecule has 19 heavy (non-hydrogen) atoms. The Hall–Kier alpha value is -1.58. The van der Waals surface area contributed by atoms with Crippen LogP contribution < -0.4 is 10.1 Å². The maximum Gasteiger partial charge on any atom is 0.119 e. The zero-order valence-corrected chi connectivity index (χ0v) is 11.5. The zero-order valence-electron chi connectivity index (χ0n) is 11.5. The van der Waals surface area contributed by atoms with E-state index in [1.54, 1.807) is 7.11 Å². The van der Waals surface area contributed by atoms with E-state index in [1.807, 2.05) is 12.1 Å². The van der Waals surface area contributed by atoms with Gasteiger partial charge in [0.1, 0.15) is 5.75 Å². The van der Waals surface area contributed by atoms with E-state index >= 15 is 0 Å². The Labute approximate surface area is 114 Å². The van der Waals surface area contributed by atoms with Crippen molar-refractivity contribution in [3.63, 3.8) is 0 Å². The van der Waals surface area contributed by atoms with Crippen molar-refractivity contribution in [2.24, 2.45) is 0 Å². The van der Waals surface area contributed by atoms with Crippen molar-refractivity contribution in [1.29, 1.82) is 0 Å². The summed E-state index contributed by atoms with van der Waals surface area (Å²) < 4.78 is 5.23. The number of hydrogen-bond donors (Lipinski definition) is 2. The maximum absolute atomic E-state index is 8.79. The quantitative estimate of drug-likeness (QED) is 0.784. The van der Waals surface area contributed by atoms with Gasteiger partial charge in [0.15, 0.2) is 0 Å². The van der Waals surface area contributed by atoms with Crippen molar-refractivity contribution in [3.05, 3.63) is 42.0 Å². The fraction of sp³-hybridized carbons (Fsp3) is 0.375. The number of hydrogen-bond acceptors (Lipinski definition) is 3. The molecule has 0 bridgehead atoms. The number of rotatable bonds is 6. The minimum absolute atomic E-state index is 0.233. The van der Waals surface area contributed by atoms with Crippen LogP contribution in [0.2, 0.25) is 0 Å². The van der Waals surface area contributed by atoms with Gasteiger partial charge in [-0.05, 0) is 54.4 Å². The summed E-state index contributed by atoms with van der Waals surface area (Å²) in [5, 5.41) is 14.6. The molecule has 3 heteroatoms. The molecule has 0 spiro atoms. The lowest BCUT2D eigenvalue weighted by atomic mass is 10.0. The van der Waals surface area contributed by atoms with E-state index in [1.165, 1.54) is 16.3 Å². The van der Waals surface area contributed by atoms with Gasteiger partial charge in [-0.2, -0.15) is 0 Å². The van der Waals surface area contributed by atoms with Crippen LogP contribution in [0.1, 0.15) is 24.9 Å². The van der Waals surface area contributed by atoms with Crippen LogP contribution in [0.3, 0.4) is 0 Å². The van der Waals surface area contributed by atoms with Gasteiger partial charge in [-0.15, -0.1) is 0 Å². The number of methoxy groups -OCH3 is 1. The molecule has 1 atom stereocenters. The number of ether oxygens (including phenoxy) is 1. The zero-order chi connectivity index (χ0) is 13.7. The molecule has 0 radical (unpaired) electrons. The van der Waals surface area contributed by atoms with Crippen LogP contribution in [-0.4, -0.2) is 25.4 Å². The van der Waals surface area contributed by atoms with Gasteiger partial charge in [0.05, 0.1) is 7.11 Å². The summed E-state index contributed by atoms with van der Waals surface area (Å²) in [6.07, 6.45) is 0.787. The van der Waals surface area contributed by atoms with Crippen molar-refractivity contribution >= 4 is 10.8 Å². The molecule has 0 aliphatic rings. The van der Waals surface area contributed by atoms with Crippen LogP contribution in [0.15, 0.2) is 36.4 Å². The second-order valence-corrected chi connectivity index (χ2v) is 4.73. The van der Waals surface area contributed by atoms with Crippen molar-refractivity contribution in [3.8, 4) is 5.75 Å². The van der Waals surface area contributed by atoms with E-state index < -0.39 is 0 Å². The number of aliphatic hydroxyl groups is 1. The molecule has 0 aromatic heterocycles. The summed E-state index contributed by atoms with van der Waals surface area (Å²) in [6, 6.07) is 12.9. The molecule has 0 fully saturated rings. The summed E-state index contributed by atoms with van der Waals surface area (Å²) in [4.78, 5) is 0. The van der Waals surface area contributed by atoms with Gasteiger partial charge in [-0.1, -0.05) is 18.2 Å². The highest BCUT2D eigenvalue weighted by Gasteiger charge is 2.05. The molecular weight excluding hydrogens is 238 g/mol. The standard InChI is InChI=1S/C16H21NO2/c1-12(17-8-3-9-18)13-4-5-15-11-16(19-2)7-6-14(15)10-13/h4-7,10-12,17-18H,3,8-9H2,1-2H3. The number of benzene rings is 2. The predicted octanol–water partition coefficient (Wildman–Crippen LogP) is 2.88. The Morgan fingerprint density at radius 2 is 1.89 bits per heavy atom. The third-order valence-corrected chi connectivity index (χ3v) is 3.36. The lowest BCUT2D eigenvalue weighted by Gasteiger charge is -2.14. The Morgan fingerprint density at radius 3 is 2.63 bits per heavy atom. The Kier molecular flexibility index (Phi) is 4.77. The highest BCUT2D eigenvalue weighted by atomic mass is 16.5. The van der Waals surface area contributed by atoms with Crippen molar-refractivity contribution in [2.75, 3.05) is 20.3 Å². The van der Waals surface area contributed by atoms with Gasteiger partial charge in [-0.3, -0.25) is 0 Å². The van der Waals surface area contributed by atoms with E-state index in [2.05, 4.69) is 36.5 Å². The molecule has 3 nitrogen and oxygen atoms in total. The first kappa shape index (κ1) is 13.8. The molecule has 0 heterocycles. The van der Waals surface area contributed by atoms with E-state index in [0.29, 0.717) is 0 Å². The summed E-state index contributed by atoms with van der Waals surface area (Å²) >= 11 is 0. The fourth-order valence-electron chi connectivity index (χ4n) is 2.15. The van der Waals surface area contributed by atoms with Gasteiger partial charge >= 0.3 is 0 Å². The average Bonchev–Trinajstić information content (AvgIpc) is 2.46. The van der Waals surface area contributed by atoms with E-state index in [9.17, 15) is 0 Å². The highest BCUT2D eigenvalue weighted by molar-refractivity contribution is 5.84. The third-order valence-electron chi connectivity index (χ3n) is 3.36. The van der Waals surface area contributed by atoms with Gasteiger partial charge in [-0.25, -0.2) is 0 Å². The van der Waals surface area contributed by atoms with Gasteiger partial charge in [0, 0.05) is 12.6 Å². The predicted molar refractivity (Wildman–Crippen MR) is 78.6 cm³/mol. The fourth-order valence-corrected chi connectivity index (χ4v) is 2.15.